The van der Waals surface area contributed by atoms with E-state index in [4.69, 9.17) is 20.4 Å². The largest absolute Gasteiger partial charge is 0.396 e. The molecule has 4 nitrogen and oxygen atoms in total. The first kappa shape index (κ1) is 34.8. The molecule has 0 rings (SSSR count). The standard InChI is InChI=1S/3C5H12O.C3H8O.Ti/c3*1-5(2)3-4-6;1-3(2)4;/h3*5-6H,3-4H2,1-2H3;3-4H,1-2H3;. The number of hydrogen-bond acceptors (Lipinski definition) is 4. The minimum absolute atomic E-state index is 0. The fourth-order valence-corrected chi connectivity index (χ4v) is 0.775. The van der Waals surface area contributed by atoms with Gasteiger partial charge in [0.15, 0.2) is 0 Å². The van der Waals surface area contributed by atoms with Crippen molar-refractivity contribution < 1.29 is 42.1 Å². The second kappa shape index (κ2) is 30.4. The molecule has 0 unspecified atom stereocenters. The number of aliphatic hydroxyl groups excluding tert-OH is 4. The number of aliphatic hydroxyl groups is 4. The van der Waals surface area contributed by atoms with Crippen LogP contribution in [-0.4, -0.2) is 46.4 Å². The molecule has 0 heterocycles. The van der Waals surface area contributed by atoms with E-state index in [-0.39, 0.29) is 27.8 Å². The first-order valence-electron chi connectivity index (χ1n) is 8.55. The summed E-state index contributed by atoms with van der Waals surface area (Å²) in [6.45, 7) is 17.0. The molecule has 0 bridgehead atoms. The van der Waals surface area contributed by atoms with Gasteiger partial charge in [0.1, 0.15) is 0 Å². The third-order valence-electron chi connectivity index (χ3n) is 2.12. The van der Waals surface area contributed by atoms with Crippen molar-refractivity contribution >= 4 is 0 Å². The number of hydrogen-bond donors (Lipinski definition) is 4. The molecule has 144 valence electrons. The van der Waals surface area contributed by atoms with Crippen LogP contribution in [0.4, 0.5) is 0 Å². The van der Waals surface area contributed by atoms with Gasteiger partial charge in [-0.05, 0) is 50.9 Å². The van der Waals surface area contributed by atoms with Crippen LogP contribution in [0.25, 0.3) is 0 Å². The predicted molar refractivity (Wildman–Crippen MR) is 97.0 cm³/mol. The fraction of sp³-hybridized carbons (Fsp3) is 1.00. The summed E-state index contributed by atoms with van der Waals surface area (Å²) in [5.41, 5.74) is 0. The summed E-state index contributed by atoms with van der Waals surface area (Å²) >= 11 is 0. The Morgan fingerprint density at radius 1 is 0.522 bits per heavy atom. The van der Waals surface area contributed by atoms with Gasteiger partial charge in [-0.1, -0.05) is 41.5 Å². The van der Waals surface area contributed by atoms with E-state index in [2.05, 4.69) is 41.5 Å². The second-order valence-corrected chi connectivity index (χ2v) is 6.81. The Bertz CT molecular complexity index is 137. The minimum Gasteiger partial charge on any atom is -0.396 e. The third kappa shape index (κ3) is 104. The molecule has 0 amide bonds. The van der Waals surface area contributed by atoms with Crippen molar-refractivity contribution in [1.82, 2.24) is 0 Å². The molecule has 0 aliphatic rings. The Balaban J connectivity index is -0.0000000624. The molecular formula is C18H44O4Ti. The van der Waals surface area contributed by atoms with Crippen LogP contribution >= 0.6 is 0 Å². The van der Waals surface area contributed by atoms with Crippen LogP contribution in [0.2, 0.25) is 0 Å². The van der Waals surface area contributed by atoms with Crippen LogP contribution < -0.4 is 0 Å². The zero-order valence-corrected chi connectivity index (χ0v) is 18.4. The van der Waals surface area contributed by atoms with Crippen molar-refractivity contribution in [3.05, 3.63) is 0 Å². The molecule has 0 aliphatic heterocycles. The molecule has 0 saturated heterocycles. The van der Waals surface area contributed by atoms with Crippen molar-refractivity contribution in [2.45, 2.75) is 80.8 Å². The van der Waals surface area contributed by atoms with Gasteiger partial charge in [-0.3, -0.25) is 0 Å². The van der Waals surface area contributed by atoms with Gasteiger partial charge in [0.2, 0.25) is 0 Å². The van der Waals surface area contributed by atoms with Gasteiger partial charge in [0, 0.05) is 47.6 Å². The molecule has 0 saturated carbocycles. The van der Waals surface area contributed by atoms with Gasteiger partial charge in [-0.15, -0.1) is 0 Å². The van der Waals surface area contributed by atoms with E-state index in [9.17, 15) is 0 Å². The Kier molecular flexibility index (Phi) is 46.1. The molecule has 0 aliphatic carbocycles. The van der Waals surface area contributed by atoms with Crippen LogP contribution in [0.5, 0.6) is 0 Å². The van der Waals surface area contributed by atoms with Crippen LogP contribution in [0.3, 0.4) is 0 Å². The molecular weight excluding hydrogens is 328 g/mol. The van der Waals surface area contributed by atoms with Gasteiger partial charge in [-0.25, -0.2) is 0 Å². The summed E-state index contributed by atoms with van der Waals surface area (Å²) < 4.78 is 0. The monoisotopic (exact) mass is 372 g/mol. The molecule has 0 radical (unpaired) electrons. The molecule has 0 aromatic carbocycles. The second-order valence-electron chi connectivity index (χ2n) is 6.81. The molecule has 0 aromatic heterocycles. The SMILES string of the molecule is CC(C)CCO.CC(C)CCO.CC(C)CCO.CC(C)O.[Ti]. The summed E-state index contributed by atoms with van der Waals surface area (Å²) in [4.78, 5) is 0. The minimum atomic E-state index is -0.167. The first-order valence-corrected chi connectivity index (χ1v) is 8.55. The summed E-state index contributed by atoms with van der Waals surface area (Å²) in [5.74, 6) is 1.94. The number of rotatable bonds is 6. The van der Waals surface area contributed by atoms with E-state index >= 15 is 0 Å². The average molecular weight is 372 g/mol. The van der Waals surface area contributed by atoms with Crippen molar-refractivity contribution in [2.24, 2.45) is 17.8 Å². The van der Waals surface area contributed by atoms with E-state index in [0.29, 0.717) is 37.6 Å². The summed E-state index contributed by atoms with van der Waals surface area (Å²) in [5, 5.41) is 32.8. The zero-order chi connectivity index (χ0) is 18.6. The maximum absolute atomic E-state index is 8.24. The molecule has 0 atom stereocenters. The van der Waals surface area contributed by atoms with E-state index in [1.165, 1.54) is 0 Å². The molecule has 4 N–H and O–H groups in total. The maximum Gasteiger partial charge on any atom is 0.0483 e. The van der Waals surface area contributed by atoms with Crippen molar-refractivity contribution in [2.75, 3.05) is 19.8 Å². The Labute approximate surface area is 160 Å². The van der Waals surface area contributed by atoms with Gasteiger partial charge in [0.25, 0.3) is 0 Å². The Morgan fingerprint density at radius 2 is 0.652 bits per heavy atom. The van der Waals surface area contributed by atoms with Gasteiger partial charge in [0.05, 0.1) is 0 Å². The average Bonchev–Trinajstić information content (AvgIpc) is 2.28. The van der Waals surface area contributed by atoms with Crippen LogP contribution in [0.1, 0.15) is 74.7 Å². The first-order chi connectivity index (χ1) is 10.0. The normalized spacial score (nSPS) is 9.39. The van der Waals surface area contributed by atoms with Gasteiger partial charge < -0.3 is 20.4 Å². The van der Waals surface area contributed by atoms with E-state index in [1.54, 1.807) is 13.8 Å². The molecule has 0 aromatic rings. The summed E-state index contributed by atoms with van der Waals surface area (Å²) in [7, 11) is 0. The fourth-order valence-electron chi connectivity index (χ4n) is 0.775. The van der Waals surface area contributed by atoms with Gasteiger partial charge in [-0.2, -0.15) is 0 Å². The molecule has 5 heteroatoms. The quantitative estimate of drug-likeness (QED) is 0.538. The third-order valence-corrected chi connectivity index (χ3v) is 2.12. The predicted octanol–water partition coefficient (Wildman–Crippen LogP) is 3.46. The zero-order valence-electron chi connectivity index (χ0n) is 16.8. The van der Waals surface area contributed by atoms with E-state index in [0.717, 1.165) is 19.3 Å². The summed E-state index contributed by atoms with van der Waals surface area (Å²) in [6.07, 6.45) is 2.62. The van der Waals surface area contributed by atoms with Crippen LogP contribution in [-0.2, 0) is 21.7 Å². The molecule has 0 fully saturated rings. The molecule has 0 spiro atoms. The van der Waals surface area contributed by atoms with Crippen LogP contribution in [0, 0.1) is 17.8 Å². The van der Waals surface area contributed by atoms with Gasteiger partial charge >= 0.3 is 0 Å². The smallest absolute Gasteiger partial charge is 0.0483 e. The van der Waals surface area contributed by atoms with E-state index in [1.807, 2.05) is 0 Å². The Hall–Kier alpha value is 0.554. The summed E-state index contributed by atoms with van der Waals surface area (Å²) in [6, 6.07) is 0. The maximum atomic E-state index is 8.24. The van der Waals surface area contributed by atoms with Crippen molar-refractivity contribution in [1.29, 1.82) is 0 Å². The van der Waals surface area contributed by atoms with Crippen LogP contribution in [0.15, 0.2) is 0 Å². The van der Waals surface area contributed by atoms with E-state index < -0.39 is 0 Å². The topological polar surface area (TPSA) is 80.9 Å². The van der Waals surface area contributed by atoms with Crippen molar-refractivity contribution in [3.8, 4) is 0 Å². The van der Waals surface area contributed by atoms with Crippen molar-refractivity contribution in [3.63, 3.8) is 0 Å². The Morgan fingerprint density at radius 3 is 0.652 bits per heavy atom. The molecule has 23 heavy (non-hydrogen) atoms.